The third-order valence-electron chi connectivity index (χ3n) is 5.88. The van der Waals surface area contributed by atoms with Gasteiger partial charge < -0.3 is 15.0 Å². The highest BCUT2D eigenvalue weighted by Crippen LogP contribution is 2.36. The minimum Gasteiger partial charge on any atom is -0.375 e. The first-order valence-corrected chi connectivity index (χ1v) is 10.2. The van der Waals surface area contributed by atoms with Gasteiger partial charge in [-0.15, -0.1) is 0 Å². The molecule has 152 valence electrons. The predicted molar refractivity (Wildman–Crippen MR) is 110 cm³/mol. The molecule has 1 saturated heterocycles. The van der Waals surface area contributed by atoms with Crippen LogP contribution in [0.1, 0.15) is 24.8 Å². The molecular weight excluding hydrogens is 366 g/mol. The van der Waals surface area contributed by atoms with E-state index in [9.17, 15) is 9.59 Å². The standard InChI is InChI=1S/C23H27N3O3/c1-29-15-21(27)26-13-10-23(16-26,22(28)25-20-6-7-20)14-17-2-4-18(5-3-17)19-8-11-24-12-9-19/h2-5,8-9,11-12,20H,6-7,10,13-16H2,1H3,(H,25,28). The number of pyridine rings is 1. The molecule has 1 aromatic heterocycles. The van der Waals surface area contributed by atoms with Crippen LogP contribution in [0, 0.1) is 5.41 Å². The van der Waals surface area contributed by atoms with Crippen molar-refractivity contribution in [2.24, 2.45) is 5.41 Å². The maximum Gasteiger partial charge on any atom is 0.248 e. The molecule has 1 aromatic carbocycles. The number of nitrogens with one attached hydrogen (secondary N) is 1. The van der Waals surface area contributed by atoms with E-state index in [2.05, 4.69) is 34.6 Å². The number of rotatable bonds is 7. The average molecular weight is 393 g/mol. The topological polar surface area (TPSA) is 71.5 Å². The molecule has 29 heavy (non-hydrogen) atoms. The summed E-state index contributed by atoms with van der Waals surface area (Å²) in [6.07, 6.45) is 6.96. The van der Waals surface area contributed by atoms with Crippen molar-refractivity contribution in [3.05, 3.63) is 54.4 Å². The summed E-state index contributed by atoms with van der Waals surface area (Å²) >= 11 is 0. The van der Waals surface area contributed by atoms with E-state index >= 15 is 0 Å². The summed E-state index contributed by atoms with van der Waals surface area (Å²) in [6.45, 7) is 1.09. The zero-order valence-electron chi connectivity index (χ0n) is 16.8. The van der Waals surface area contributed by atoms with Gasteiger partial charge in [-0.3, -0.25) is 14.6 Å². The van der Waals surface area contributed by atoms with Gasteiger partial charge in [-0.05, 0) is 54.5 Å². The van der Waals surface area contributed by atoms with Crippen LogP contribution >= 0.6 is 0 Å². The third-order valence-corrected chi connectivity index (χ3v) is 5.88. The highest BCUT2D eigenvalue weighted by atomic mass is 16.5. The van der Waals surface area contributed by atoms with Gasteiger partial charge in [-0.25, -0.2) is 0 Å². The third kappa shape index (κ3) is 4.48. The minimum absolute atomic E-state index is 0.0540. The van der Waals surface area contributed by atoms with Crippen LogP contribution < -0.4 is 5.32 Å². The maximum absolute atomic E-state index is 13.1. The maximum atomic E-state index is 13.1. The Bertz CT molecular complexity index is 865. The van der Waals surface area contributed by atoms with Crippen molar-refractivity contribution in [1.82, 2.24) is 15.2 Å². The molecule has 6 heteroatoms. The SMILES string of the molecule is COCC(=O)N1CCC(Cc2ccc(-c3ccncc3)cc2)(C(=O)NC2CC2)C1. The predicted octanol–water partition coefficient (Wildman–Crippen LogP) is 2.43. The van der Waals surface area contributed by atoms with Gasteiger partial charge in [0.05, 0.1) is 5.41 Å². The van der Waals surface area contributed by atoms with Crippen molar-refractivity contribution < 1.29 is 14.3 Å². The zero-order valence-corrected chi connectivity index (χ0v) is 16.8. The fraction of sp³-hybridized carbons (Fsp3) is 0.435. The number of likely N-dealkylation sites (tertiary alicyclic amines) is 1. The molecule has 0 spiro atoms. The van der Waals surface area contributed by atoms with Gasteiger partial charge in [-0.2, -0.15) is 0 Å². The Balaban J connectivity index is 1.52. The van der Waals surface area contributed by atoms with Crippen molar-refractivity contribution in [3.63, 3.8) is 0 Å². The molecule has 1 atom stereocenters. The molecular formula is C23H27N3O3. The smallest absolute Gasteiger partial charge is 0.248 e. The van der Waals surface area contributed by atoms with Crippen LogP contribution in [-0.2, 0) is 20.7 Å². The van der Waals surface area contributed by atoms with Gasteiger partial charge in [0.15, 0.2) is 0 Å². The Morgan fingerprint density at radius 2 is 1.83 bits per heavy atom. The van der Waals surface area contributed by atoms with Crippen LogP contribution in [0.3, 0.4) is 0 Å². The highest BCUT2D eigenvalue weighted by Gasteiger charge is 2.47. The molecule has 1 unspecified atom stereocenters. The summed E-state index contributed by atoms with van der Waals surface area (Å²) in [4.78, 5) is 31.3. The number of methoxy groups -OCH3 is 1. The van der Waals surface area contributed by atoms with Crippen molar-refractivity contribution in [3.8, 4) is 11.1 Å². The Labute approximate surface area is 171 Å². The molecule has 2 aliphatic rings. The Morgan fingerprint density at radius 3 is 2.48 bits per heavy atom. The van der Waals surface area contributed by atoms with Crippen molar-refractivity contribution in [2.45, 2.75) is 31.7 Å². The number of carbonyl (C=O) groups excluding carboxylic acids is 2. The van der Waals surface area contributed by atoms with Crippen LogP contribution in [0.2, 0.25) is 0 Å². The van der Waals surface area contributed by atoms with Crippen molar-refractivity contribution in [1.29, 1.82) is 0 Å². The number of aromatic nitrogens is 1. The molecule has 1 aliphatic carbocycles. The summed E-state index contributed by atoms with van der Waals surface area (Å²) < 4.78 is 5.00. The quantitative estimate of drug-likeness (QED) is 0.784. The fourth-order valence-electron chi connectivity index (χ4n) is 4.03. The average Bonchev–Trinajstić information content (AvgIpc) is 3.45. The number of carbonyl (C=O) groups is 2. The Hall–Kier alpha value is -2.73. The van der Waals surface area contributed by atoms with Gasteiger partial charge in [-0.1, -0.05) is 24.3 Å². The molecule has 1 aliphatic heterocycles. The molecule has 0 bridgehead atoms. The van der Waals surface area contributed by atoms with E-state index in [0.717, 1.165) is 29.5 Å². The molecule has 2 fully saturated rings. The fourth-order valence-corrected chi connectivity index (χ4v) is 4.03. The Kier molecular flexibility index (Phi) is 5.62. The summed E-state index contributed by atoms with van der Waals surface area (Å²) in [5, 5.41) is 3.17. The summed E-state index contributed by atoms with van der Waals surface area (Å²) in [7, 11) is 1.52. The summed E-state index contributed by atoms with van der Waals surface area (Å²) in [5.41, 5.74) is 2.76. The number of nitrogens with zero attached hydrogens (tertiary/aromatic N) is 2. The van der Waals surface area contributed by atoms with E-state index in [-0.39, 0.29) is 18.4 Å². The molecule has 0 radical (unpaired) electrons. The van der Waals surface area contributed by atoms with E-state index in [1.165, 1.54) is 7.11 Å². The van der Waals surface area contributed by atoms with E-state index in [1.807, 2.05) is 12.1 Å². The number of hydrogen-bond acceptors (Lipinski definition) is 4. The number of amides is 2. The lowest BCUT2D eigenvalue weighted by molar-refractivity contribution is -0.136. The lowest BCUT2D eigenvalue weighted by Gasteiger charge is -2.28. The van der Waals surface area contributed by atoms with E-state index in [0.29, 0.717) is 32.0 Å². The first kappa shape index (κ1) is 19.6. The van der Waals surface area contributed by atoms with Crippen molar-refractivity contribution in [2.75, 3.05) is 26.8 Å². The van der Waals surface area contributed by atoms with Gasteiger partial charge in [0, 0.05) is 38.6 Å². The summed E-state index contributed by atoms with van der Waals surface area (Å²) in [6, 6.07) is 12.6. The van der Waals surface area contributed by atoms with Crippen molar-refractivity contribution >= 4 is 11.8 Å². The monoisotopic (exact) mass is 393 g/mol. The van der Waals surface area contributed by atoms with Crippen LogP contribution in [0.25, 0.3) is 11.1 Å². The van der Waals surface area contributed by atoms with E-state index in [1.54, 1.807) is 17.3 Å². The van der Waals surface area contributed by atoms with Crippen LogP contribution in [-0.4, -0.2) is 54.5 Å². The lowest BCUT2D eigenvalue weighted by Crippen LogP contribution is -2.46. The highest BCUT2D eigenvalue weighted by molar-refractivity contribution is 5.86. The molecule has 1 saturated carbocycles. The normalized spacial score (nSPS) is 21.2. The molecule has 2 aromatic rings. The molecule has 2 heterocycles. The second-order valence-electron chi connectivity index (χ2n) is 8.14. The van der Waals surface area contributed by atoms with Gasteiger partial charge in [0.25, 0.3) is 0 Å². The number of ether oxygens (including phenoxy) is 1. The first-order chi connectivity index (χ1) is 14.1. The Morgan fingerprint density at radius 1 is 1.14 bits per heavy atom. The van der Waals surface area contributed by atoms with Crippen LogP contribution in [0.5, 0.6) is 0 Å². The zero-order chi connectivity index (χ0) is 20.3. The second-order valence-corrected chi connectivity index (χ2v) is 8.14. The van der Waals surface area contributed by atoms with E-state index in [4.69, 9.17) is 4.74 Å². The van der Waals surface area contributed by atoms with Gasteiger partial charge >= 0.3 is 0 Å². The van der Waals surface area contributed by atoms with Gasteiger partial charge in [0.2, 0.25) is 11.8 Å². The van der Waals surface area contributed by atoms with Crippen LogP contribution in [0.4, 0.5) is 0 Å². The lowest BCUT2D eigenvalue weighted by atomic mass is 9.79. The molecule has 2 amide bonds. The minimum atomic E-state index is -0.579. The molecule has 6 nitrogen and oxygen atoms in total. The molecule has 1 N–H and O–H groups in total. The summed E-state index contributed by atoms with van der Waals surface area (Å²) in [5.74, 6) is 0.0209. The number of benzene rings is 1. The van der Waals surface area contributed by atoms with E-state index < -0.39 is 5.41 Å². The largest absolute Gasteiger partial charge is 0.375 e. The number of hydrogen-bond donors (Lipinski definition) is 1. The molecule has 4 rings (SSSR count). The van der Waals surface area contributed by atoms with Gasteiger partial charge in [0.1, 0.15) is 6.61 Å². The first-order valence-electron chi connectivity index (χ1n) is 10.2. The second kappa shape index (κ2) is 8.33. The van der Waals surface area contributed by atoms with Crippen LogP contribution in [0.15, 0.2) is 48.8 Å².